The maximum atomic E-state index is 13.4. The first kappa shape index (κ1) is 17.0. The summed E-state index contributed by atoms with van der Waals surface area (Å²) in [7, 11) is 0. The molecule has 0 unspecified atom stereocenters. The van der Waals surface area contributed by atoms with Crippen molar-refractivity contribution in [3.63, 3.8) is 0 Å². The Hall–Kier alpha value is -2.89. The zero-order valence-electron chi connectivity index (χ0n) is 13.8. The number of benzene rings is 2. The van der Waals surface area contributed by atoms with Crippen LogP contribution in [0.3, 0.4) is 0 Å². The fraction of sp³-hybridized carbons (Fsp3) is 0.263. The first-order valence-corrected chi connectivity index (χ1v) is 8.11. The summed E-state index contributed by atoms with van der Waals surface area (Å²) in [6, 6.07) is 10.8. The van der Waals surface area contributed by atoms with E-state index in [1.807, 2.05) is 6.92 Å². The standard InChI is InChI=1S/C19H18FNO4/c1-2-9-24-16-5-3-4-6-17(16)25-19(23)14-11-18(22)21-15-10-12(20)7-8-13(14)15/h3-8,10,14H,2,9,11H2,1H3,(H,21,22)/t14-/m0/s1. The van der Waals surface area contributed by atoms with Crippen LogP contribution in [0.2, 0.25) is 0 Å². The molecular formula is C19H18FNO4. The molecule has 1 heterocycles. The van der Waals surface area contributed by atoms with Gasteiger partial charge in [-0.1, -0.05) is 25.1 Å². The lowest BCUT2D eigenvalue weighted by Gasteiger charge is -2.24. The van der Waals surface area contributed by atoms with Gasteiger partial charge >= 0.3 is 5.97 Å². The van der Waals surface area contributed by atoms with Crippen LogP contribution in [0.15, 0.2) is 42.5 Å². The largest absolute Gasteiger partial charge is 0.490 e. The second kappa shape index (κ2) is 7.34. The van der Waals surface area contributed by atoms with E-state index in [1.54, 1.807) is 24.3 Å². The van der Waals surface area contributed by atoms with E-state index in [-0.39, 0.29) is 12.3 Å². The Balaban J connectivity index is 1.84. The molecule has 0 fully saturated rings. The number of amides is 1. The van der Waals surface area contributed by atoms with Gasteiger partial charge in [0.25, 0.3) is 0 Å². The molecule has 5 nitrogen and oxygen atoms in total. The zero-order valence-corrected chi connectivity index (χ0v) is 13.8. The highest BCUT2D eigenvalue weighted by Gasteiger charge is 2.32. The van der Waals surface area contributed by atoms with Crippen molar-refractivity contribution in [1.29, 1.82) is 0 Å². The van der Waals surface area contributed by atoms with Crippen molar-refractivity contribution < 1.29 is 23.5 Å². The zero-order chi connectivity index (χ0) is 17.8. The molecule has 0 aliphatic carbocycles. The molecule has 0 aromatic heterocycles. The predicted molar refractivity (Wildman–Crippen MR) is 90.3 cm³/mol. The Morgan fingerprint density at radius 3 is 2.76 bits per heavy atom. The molecule has 2 aromatic carbocycles. The van der Waals surface area contributed by atoms with Crippen molar-refractivity contribution in [2.75, 3.05) is 11.9 Å². The Bertz CT molecular complexity index is 806. The minimum atomic E-state index is -0.788. The first-order valence-electron chi connectivity index (χ1n) is 8.11. The van der Waals surface area contributed by atoms with Gasteiger partial charge in [-0.05, 0) is 36.2 Å². The summed E-state index contributed by atoms with van der Waals surface area (Å²) in [6.07, 6.45) is 0.777. The summed E-state index contributed by atoms with van der Waals surface area (Å²) < 4.78 is 24.4. The number of anilines is 1. The van der Waals surface area contributed by atoms with Crippen molar-refractivity contribution in [1.82, 2.24) is 0 Å². The number of fused-ring (bicyclic) bond motifs is 1. The number of hydrogen-bond acceptors (Lipinski definition) is 4. The Morgan fingerprint density at radius 2 is 2.00 bits per heavy atom. The molecule has 1 aliphatic rings. The number of hydrogen-bond donors (Lipinski definition) is 1. The van der Waals surface area contributed by atoms with E-state index in [0.717, 1.165) is 6.42 Å². The van der Waals surface area contributed by atoms with E-state index in [2.05, 4.69) is 5.32 Å². The molecular weight excluding hydrogens is 325 g/mol. The van der Waals surface area contributed by atoms with Crippen molar-refractivity contribution >= 4 is 17.6 Å². The molecule has 25 heavy (non-hydrogen) atoms. The van der Waals surface area contributed by atoms with E-state index in [9.17, 15) is 14.0 Å². The van der Waals surface area contributed by atoms with Crippen LogP contribution in [0, 0.1) is 5.82 Å². The van der Waals surface area contributed by atoms with Gasteiger partial charge < -0.3 is 14.8 Å². The van der Waals surface area contributed by atoms with Crippen molar-refractivity contribution in [2.45, 2.75) is 25.7 Å². The van der Waals surface area contributed by atoms with Crippen LogP contribution in [-0.2, 0) is 9.59 Å². The number of esters is 1. The second-order valence-electron chi connectivity index (χ2n) is 5.75. The molecule has 0 radical (unpaired) electrons. The average Bonchev–Trinajstić information content (AvgIpc) is 2.59. The second-order valence-corrected chi connectivity index (χ2v) is 5.75. The molecule has 0 saturated carbocycles. The number of para-hydroxylation sites is 2. The number of carbonyl (C=O) groups is 2. The lowest BCUT2D eigenvalue weighted by molar-refractivity contribution is -0.138. The lowest BCUT2D eigenvalue weighted by atomic mass is 9.90. The minimum absolute atomic E-state index is 0.0462. The summed E-state index contributed by atoms with van der Waals surface area (Å²) >= 11 is 0. The summed E-state index contributed by atoms with van der Waals surface area (Å²) in [5.41, 5.74) is 0.840. The third kappa shape index (κ3) is 3.79. The van der Waals surface area contributed by atoms with Gasteiger partial charge in [-0.15, -0.1) is 0 Å². The van der Waals surface area contributed by atoms with Crippen LogP contribution >= 0.6 is 0 Å². The normalized spacial score (nSPS) is 15.9. The first-order chi connectivity index (χ1) is 12.1. The SMILES string of the molecule is CCCOc1ccccc1OC(=O)[C@H]1CC(=O)Nc2cc(F)ccc21. The molecule has 0 bridgehead atoms. The fourth-order valence-corrected chi connectivity index (χ4v) is 2.69. The molecule has 1 amide bonds. The number of ether oxygens (including phenoxy) is 2. The van der Waals surface area contributed by atoms with Crippen molar-refractivity contribution in [3.8, 4) is 11.5 Å². The van der Waals surface area contributed by atoms with Gasteiger partial charge in [-0.25, -0.2) is 4.39 Å². The summed E-state index contributed by atoms with van der Waals surface area (Å²) in [6.45, 7) is 2.48. The smallest absolute Gasteiger partial charge is 0.319 e. The van der Waals surface area contributed by atoms with E-state index >= 15 is 0 Å². The highest BCUT2D eigenvalue weighted by molar-refractivity contribution is 6.00. The van der Waals surface area contributed by atoms with Crippen LogP contribution in [0.4, 0.5) is 10.1 Å². The molecule has 1 aliphatic heterocycles. The molecule has 0 saturated heterocycles. The van der Waals surface area contributed by atoms with Crippen LogP contribution < -0.4 is 14.8 Å². The number of carbonyl (C=O) groups excluding carboxylic acids is 2. The third-order valence-corrected chi connectivity index (χ3v) is 3.86. The Labute approximate surface area is 144 Å². The van der Waals surface area contributed by atoms with Gasteiger partial charge in [0, 0.05) is 12.1 Å². The highest BCUT2D eigenvalue weighted by atomic mass is 19.1. The van der Waals surface area contributed by atoms with Crippen LogP contribution in [0.25, 0.3) is 0 Å². The lowest BCUT2D eigenvalue weighted by Crippen LogP contribution is -2.30. The molecule has 1 atom stereocenters. The van der Waals surface area contributed by atoms with E-state index in [1.165, 1.54) is 18.2 Å². The van der Waals surface area contributed by atoms with Gasteiger partial charge in [-0.2, -0.15) is 0 Å². The number of halogens is 1. The van der Waals surface area contributed by atoms with Crippen LogP contribution in [0.1, 0.15) is 31.2 Å². The third-order valence-electron chi connectivity index (χ3n) is 3.86. The maximum absolute atomic E-state index is 13.4. The molecule has 6 heteroatoms. The van der Waals surface area contributed by atoms with Crippen molar-refractivity contribution in [2.24, 2.45) is 0 Å². The van der Waals surface area contributed by atoms with E-state index < -0.39 is 17.7 Å². The molecule has 0 spiro atoms. The van der Waals surface area contributed by atoms with E-state index in [4.69, 9.17) is 9.47 Å². The molecule has 3 rings (SSSR count). The quantitative estimate of drug-likeness (QED) is 0.665. The predicted octanol–water partition coefficient (Wildman–Crippen LogP) is 3.65. The molecule has 1 N–H and O–H groups in total. The van der Waals surface area contributed by atoms with E-state index in [0.29, 0.717) is 29.4 Å². The summed E-state index contributed by atoms with van der Waals surface area (Å²) in [5, 5.41) is 2.58. The van der Waals surface area contributed by atoms with Gasteiger partial charge in [0.15, 0.2) is 11.5 Å². The number of rotatable bonds is 5. The molecule has 2 aromatic rings. The highest BCUT2D eigenvalue weighted by Crippen LogP contribution is 2.35. The average molecular weight is 343 g/mol. The van der Waals surface area contributed by atoms with Gasteiger partial charge in [0.2, 0.25) is 5.91 Å². The summed E-state index contributed by atoms with van der Waals surface area (Å²) in [4.78, 5) is 24.5. The summed E-state index contributed by atoms with van der Waals surface area (Å²) in [5.74, 6) is -1.42. The minimum Gasteiger partial charge on any atom is -0.490 e. The fourth-order valence-electron chi connectivity index (χ4n) is 2.69. The van der Waals surface area contributed by atoms with Crippen LogP contribution in [0.5, 0.6) is 11.5 Å². The van der Waals surface area contributed by atoms with Gasteiger partial charge in [0.05, 0.1) is 12.5 Å². The van der Waals surface area contributed by atoms with Crippen molar-refractivity contribution in [3.05, 3.63) is 53.8 Å². The van der Waals surface area contributed by atoms with Gasteiger partial charge in [0.1, 0.15) is 5.82 Å². The number of nitrogens with one attached hydrogen (secondary N) is 1. The molecule has 130 valence electrons. The Kier molecular flexibility index (Phi) is 4.97. The van der Waals surface area contributed by atoms with Crippen LogP contribution in [-0.4, -0.2) is 18.5 Å². The Morgan fingerprint density at radius 1 is 1.24 bits per heavy atom. The maximum Gasteiger partial charge on any atom is 0.319 e. The van der Waals surface area contributed by atoms with Gasteiger partial charge in [-0.3, -0.25) is 9.59 Å². The monoisotopic (exact) mass is 343 g/mol. The topological polar surface area (TPSA) is 64.6 Å².